The maximum absolute atomic E-state index is 6.57. The summed E-state index contributed by atoms with van der Waals surface area (Å²) < 4.78 is 20.1. The van der Waals surface area contributed by atoms with Crippen molar-refractivity contribution >= 4 is 184 Å². The van der Waals surface area contributed by atoms with Crippen molar-refractivity contribution in [3.63, 3.8) is 0 Å². The first kappa shape index (κ1) is 57.0. The number of thiophene rings is 2. The van der Waals surface area contributed by atoms with E-state index in [1.807, 2.05) is 102 Å². The molecule has 0 unspecified atom stereocenters. The molecule has 99 heavy (non-hydrogen) atoms. The highest BCUT2D eigenvalue weighted by molar-refractivity contribution is 7.27. The molecule has 0 aliphatic carbocycles. The number of aromatic nitrogens is 6. The second-order valence-corrected chi connectivity index (χ2v) is 27.3. The summed E-state index contributed by atoms with van der Waals surface area (Å²) in [5.41, 5.74) is 17.1. The predicted molar refractivity (Wildman–Crippen MR) is 416 cm³/mol. The number of rotatable bonds is 5. The van der Waals surface area contributed by atoms with Gasteiger partial charge < -0.3 is 13.8 Å². The number of hydrogen-bond acceptors (Lipinski definition) is 8. The average molecular weight is 1320 g/mol. The molecule has 1 N–H and O–H groups in total. The molecule has 0 amide bonds. The van der Waals surface area contributed by atoms with E-state index in [1.54, 1.807) is 0 Å². The SMILES string of the molecule is Clc1nc(-c2cccc(-c3ccccc3)c2)c2oc3ccccc3c2n1.c1ccc(-c2cccc(-c3nc(-n4c5ccccc5c5c6ccccc6c6c7ccccc7sc6c54)nc4c3oc3ccccc34)c2)cc1.c1ccc2c(c1)[nH]c1c3sc4ccccc4c3c3ccccc3c21. The monoisotopic (exact) mass is 1320 g/mol. The van der Waals surface area contributed by atoms with E-state index < -0.39 is 0 Å². The molecular formula is C88H51ClN6O2S2. The van der Waals surface area contributed by atoms with Gasteiger partial charge in [0.05, 0.1) is 25.9 Å². The van der Waals surface area contributed by atoms with Gasteiger partial charge in [0.15, 0.2) is 11.2 Å². The molecule has 464 valence electrons. The minimum atomic E-state index is 0.212. The fourth-order valence-electron chi connectivity index (χ4n) is 14.9. The van der Waals surface area contributed by atoms with Gasteiger partial charge in [0.1, 0.15) is 33.6 Å². The van der Waals surface area contributed by atoms with Gasteiger partial charge in [-0.2, -0.15) is 0 Å². The molecule has 0 saturated heterocycles. The standard InChI is InChI=1S/C44H25N3OS.C22H13ClN2O.C22H13NS/c1-2-13-26(14-3-1)27-15-12-16-28(25-27)39-42-40(32-20-7-10-23-35(32)48-42)46-44(45-39)47-34-22-9-6-19-31(34)37-29-17-4-5-18-30(29)38-33-21-8-11-24-36(33)49-43(38)41(37)47;23-22-24-19(21-20(25-22)17-11-4-5-12-18(17)26-21)16-10-6-9-15(13-16)14-7-2-1-3-8-14;1-2-8-14-13(7-1)19-15-9-3-5-11-17(15)23-21(19)22-20(14)16-10-4-6-12-18(16)24-22/h1-25H;1-13H;1-12,23H. The van der Waals surface area contributed by atoms with Gasteiger partial charge in [0, 0.05) is 79.9 Å². The second-order valence-electron chi connectivity index (χ2n) is 24.9. The molecule has 0 aliphatic rings. The molecule has 0 spiro atoms. The van der Waals surface area contributed by atoms with Crippen LogP contribution in [0.25, 0.3) is 200 Å². The van der Waals surface area contributed by atoms with Crippen LogP contribution in [0.2, 0.25) is 5.28 Å². The molecule has 0 bridgehead atoms. The van der Waals surface area contributed by atoms with Crippen molar-refractivity contribution in [3.8, 4) is 50.7 Å². The highest BCUT2D eigenvalue weighted by Gasteiger charge is 2.26. The first-order valence-electron chi connectivity index (χ1n) is 32.9. The lowest BCUT2D eigenvalue weighted by atomic mass is 9.99. The van der Waals surface area contributed by atoms with Crippen molar-refractivity contribution in [1.82, 2.24) is 29.5 Å². The molecule has 8 aromatic heterocycles. The van der Waals surface area contributed by atoms with Crippen molar-refractivity contribution < 1.29 is 8.83 Å². The number of furan rings is 2. The Labute approximate surface area is 577 Å². The van der Waals surface area contributed by atoms with E-state index in [2.05, 4.69) is 244 Å². The van der Waals surface area contributed by atoms with Crippen LogP contribution < -0.4 is 0 Å². The van der Waals surface area contributed by atoms with E-state index in [1.165, 1.54) is 94.5 Å². The Hall–Kier alpha value is -12.3. The van der Waals surface area contributed by atoms with Crippen molar-refractivity contribution in [3.05, 3.63) is 309 Å². The van der Waals surface area contributed by atoms with Gasteiger partial charge in [0.25, 0.3) is 0 Å². The van der Waals surface area contributed by atoms with Gasteiger partial charge in [-0.1, -0.05) is 243 Å². The molecule has 14 aromatic carbocycles. The summed E-state index contributed by atoms with van der Waals surface area (Å²) >= 11 is 9.96. The molecular weight excluding hydrogens is 1270 g/mol. The van der Waals surface area contributed by atoms with Crippen molar-refractivity contribution in [1.29, 1.82) is 0 Å². The summed E-state index contributed by atoms with van der Waals surface area (Å²) in [5, 5.41) is 17.6. The van der Waals surface area contributed by atoms with Crippen LogP contribution in [0.1, 0.15) is 0 Å². The normalized spacial score (nSPS) is 11.9. The van der Waals surface area contributed by atoms with Gasteiger partial charge in [-0.3, -0.25) is 4.57 Å². The number of aromatic amines is 1. The van der Waals surface area contributed by atoms with Crippen LogP contribution in [0.15, 0.2) is 312 Å². The average Bonchev–Trinajstić information content (AvgIpc) is 1.55. The second kappa shape index (κ2) is 22.9. The first-order chi connectivity index (χ1) is 49.0. The Morgan fingerprint density at radius 2 is 0.747 bits per heavy atom. The van der Waals surface area contributed by atoms with Crippen LogP contribution in [0.3, 0.4) is 0 Å². The van der Waals surface area contributed by atoms with Crippen molar-refractivity contribution in [2.75, 3.05) is 0 Å². The Morgan fingerprint density at radius 3 is 1.34 bits per heavy atom. The summed E-state index contributed by atoms with van der Waals surface area (Å²) in [7, 11) is 0. The predicted octanol–water partition coefficient (Wildman–Crippen LogP) is 25.5. The highest BCUT2D eigenvalue weighted by atomic mass is 35.5. The summed E-state index contributed by atoms with van der Waals surface area (Å²) in [4.78, 5) is 23.4. The summed E-state index contributed by atoms with van der Waals surface area (Å²) in [6, 6.07) is 106. The third-order valence-electron chi connectivity index (χ3n) is 19.2. The minimum Gasteiger partial charge on any atom is -0.452 e. The zero-order chi connectivity index (χ0) is 65.2. The van der Waals surface area contributed by atoms with Crippen LogP contribution in [-0.4, -0.2) is 29.5 Å². The first-order valence-corrected chi connectivity index (χ1v) is 34.9. The maximum atomic E-state index is 6.57. The molecule has 0 radical (unpaired) electrons. The molecule has 8 nitrogen and oxygen atoms in total. The topological polar surface area (TPSA) is 98.6 Å². The lowest BCUT2D eigenvalue weighted by Crippen LogP contribution is -2.03. The highest BCUT2D eigenvalue weighted by Crippen LogP contribution is 2.50. The van der Waals surface area contributed by atoms with Gasteiger partial charge in [-0.05, 0) is 116 Å². The number of nitrogens with zero attached hydrogens (tertiary/aromatic N) is 5. The molecule has 0 aliphatic heterocycles. The largest absolute Gasteiger partial charge is 0.452 e. The van der Waals surface area contributed by atoms with E-state index >= 15 is 0 Å². The molecule has 0 atom stereocenters. The van der Waals surface area contributed by atoms with Crippen LogP contribution in [0, 0.1) is 0 Å². The molecule has 0 saturated carbocycles. The van der Waals surface area contributed by atoms with Crippen molar-refractivity contribution in [2.45, 2.75) is 0 Å². The number of H-pyrrole nitrogens is 1. The third-order valence-corrected chi connectivity index (χ3v) is 21.8. The van der Waals surface area contributed by atoms with Crippen LogP contribution in [0.5, 0.6) is 0 Å². The summed E-state index contributed by atoms with van der Waals surface area (Å²) in [5.74, 6) is 0.624. The van der Waals surface area contributed by atoms with Gasteiger partial charge in [0.2, 0.25) is 11.2 Å². The van der Waals surface area contributed by atoms with E-state index in [-0.39, 0.29) is 5.28 Å². The third kappa shape index (κ3) is 9.18. The molecule has 22 rings (SSSR count). The van der Waals surface area contributed by atoms with Crippen LogP contribution >= 0.6 is 34.3 Å². The quantitative estimate of drug-likeness (QED) is 0.172. The Balaban J connectivity index is 0.000000111. The Bertz CT molecular complexity index is 6920. The Kier molecular flexibility index (Phi) is 13.2. The van der Waals surface area contributed by atoms with E-state index in [0.29, 0.717) is 22.8 Å². The molecule has 8 heterocycles. The lowest BCUT2D eigenvalue weighted by Gasteiger charge is -2.11. The van der Waals surface area contributed by atoms with E-state index in [4.69, 9.17) is 30.4 Å². The van der Waals surface area contributed by atoms with E-state index in [9.17, 15) is 0 Å². The summed E-state index contributed by atoms with van der Waals surface area (Å²) in [6.07, 6.45) is 0. The number of fused-ring (bicyclic) bond motifs is 26. The maximum Gasteiger partial charge on any atom is 0.236 e. The zero-order valence-electron chi connectivity index (χ0n) is 52.6. The molecule has 0 fully saturated rings. The van der Waals surface area contributed by atoms with Crippen molar-refractivity contribution in [2.24, 2.45) is 0 Å². The number of para-hydroxylation sites is 4. The van der Waals surface area contributed by atoms with Gasteiger partial charge >= 0.3 is 0 Å². The fourth-order valence-corrected chi connectivity index (χ4v) is 17.6. The zero-order valence-corrected chi connectivity index (χ0v) is 55.0. The van der Waals surface area contributed by atoms with Gasteiger partial charge in [-0.25, -0.2) is 19.9 Å². The summed E-state index contributed by atoms with van der Waals surface area (Å²) in [6.45, 7) is 0. The molecule has 11 heteroatoms. The van der Waals surface area contributed by atoms with Gasteiger partial charge in [-0.15, -0.1) is 22.7 Å². The number of hydrogen-bond donors (Lipinski definition) is 1. The minimum absolute atomic E-state index is 0.212. The number of benzene rings is 14. The molecule has 22 aromatic rings. The van der Waals surface area contributed by atoms with E-state index in [0.717, 1.165) is 83.1 Å². The smallest absolute Gasteiger partial charge is 0.236 e. The Morgan fingerprint density at radius 1 is 0.323 bits per heavy atom. The number of nitrogens with one attached hydrogen (secondary N) is 1. The number of halogens is 1. The fraction of sp³-hybridized carbons (Fsp3) is 0. The van der Waals surface area contributed by atoms with Crippen LogP contribution in [0.4, 0.5) is 0 Å². The lowest BCUT2D eigenvalue weighted by molar-refractivity contribution is 0.666. The van der Waals surface area contributed by atoms with Crippen LogP contribution in [-0.2, 0) is 0 Å².